The van der Waals surface area contributed by atoms with Gasteiger partial charge in [-0.05, 0) is 62.4 Å². The van der Waals surface area contributed by atoms with E-state index in [4.69, 9.17) is 22.9 Å². The molecule has 260 valence electrons. The summed E-state index contributed by atoms with van der Waals surface area (Å²) in [6.45, 7) is 3.46. The minimum Gasteiger partial charge on any atom is -0.412 e. The van der Waals surface area contributed by atoms with E-state index in [1.54, 1.807) is 62.9 Å². The number of nitrogen functional groups attached to an aromatic ring is 4. The molecule has 17 nitrogen and oxygen atoms in total. The SMILES string of the molecule is Cc1nnc([N-]S(=O)(=O)c2ccc(N)cc2)s1.Cc1nnc([N-]S(=O)(=O)c2ccc(N)cc2)s1.Nc1cc[nH+]cc1.Nc1cc[nH+]cc1.O. The van der Waals surface area contributed by atoms with Gasteiger partial charge >= 0.3 is 0 Å². The molecule has 49 heavy (non-hydrogen) atoms. The monoisotopic (exact) mass is 746 g/mol. The van der Waals surface area contributed by atoms with Gasteiger partial charge in [0.2, 0.25) is 20.0 Å². The predicted molar refractivity (Wildman–Crippen MR) is 190 cm³/mol. The van der Waals surface area contributed by atoms with Crippen molar-refractivity contribution in [2.24, 2.45) is 0 Å². The van der Waals surface area contributed by atoms with Crippen LogP contribution in [-0.4, -0.2) is 42.7 Å². The van der Waals surface area contributed by atoms with Crippen molar-refractivity contribution < 1.29 is 32.3 Å². The Morgan fingerprint density at radius 3 is 1.02 bits per heavy atom. The molecule has 21 heteroatoms. The van der Waals surface area contributed by atoms with Crippen LogP contribution in [0.5, 0.6) is 0 Å². The molecule has 0 saturated heterocycles. The number of sulfonamides is 2. The predicted octanol–water partition coefficient (Wildman–Crippen LogP) is 2.99. The highest BCUT2D eigenvalue weighted by Gasteiger charge is 2.11. The van der Waals surface area contributed by atoms with Crippen LogP contribution < -0.4 is 32.9 Å². The molecule has 0 bridgehead atoms. The fraction of sp³-hybridized carbons (Fsp3) is 0.0714. The standard InChI is InChI=1S/2C9H9N4O2S2.2C5H6N2.H2O/c2*1-6-11-12-9(16-6)13-17(14,15)8-4-2-7(10)3-5-8;2*6-5-1-3-7-4-2-5;/h2*2-5H,10H2,1H3;2*1-4H,(H2,6,7);1H2/q2*-1;;;/p+2. The number of aromatic nitrogens is 6. The van der Waals surface area contributed by atoms with Crippen molar-refractivity contribution in [3.8, 4) is 0 Å². The van der Waals surface area contributed by atoms with Gasteiger partial charge in [-0.15, -0.1) is 22.7 Å². The van der Waals surface area contributed by atoms with Gasteiger partial charge in [-0.1, -0.05) is 0 Å². The zero-order valence-corrected chi connectivity index (χ0v) is 29.3. The summed E-state index contributed by atoms with van der Waals surface area (Å²) in [5, 5.41) is 16.3. The number of pyridine rings is 2. The number of H-pyrrole nitrogens is 2. The molecule has 0 fully saturated rings. The Kier molecular flexibility index (Phi) is 15.2. The quantitative estimate of drug-likeness (QED) is 0.179. The summed E-state index contributed by atoms with van der Waals surface area (Å²) in [4.78, 5) is 5.87. The smallest absolute Gasteiger partial charge is 0.203 e. The summed E-state index contributed by atoms with van der Waals surface area (Å²) in [7, 11) is -7.48. The second-order valence-corrected chi connectivity index (χ2v) is 14.7. The molecule has 0 atom stereocenters. The highest BCUT2D eigenvalue weighted by Crippen LogP contribution is 2.31. The van der Waals surface area contributed by atoms with E-state index in [9.17, 15) is 16.8 Å². The maximum Gasteiger partial charge on any atom is 0.203 e. The van der Waals surface area contributed by atoms with E-state index in [1.165, 1.54) is 48.5 Å². The van der Waals surface area contributed by atoms with Crippen LogP contribution in [0, 0.1) is 13.8 Å². The number of aryl methyl sites for hydroxylation is 2. The Bertz CT molecular complexity index is 1910. The van der Waals surface area contributed by atoms with Crippen LogP contribution in [0.3, 0.4) is 0 Å². The Labute approximate surface area is 290 Å². The Hall–Kier alpha value is -5.48. The van der Waals surface area contributed by atoms with Gasteiger partial charge in [0.15, 0.2) is 24.8 Å². The third kappa shape index (κ3) is 14.0. The number of hydrogen-bond donors (Lipinski definition) is 4. The molecule has 4 aromatic heterocycles. The minimum atomic E-state index is -3.74. The highest BCUT2D eigenvalue weighted by atomic mass is 32.2. The van der Waals surface area contributed by atoms with Gasteiger partial charge in [0.1, 0.15) is 0 Å². The molecule has 0 saturated carbocycles. The van der Waals surface area contributed by atoms with Gasteiger partial charge in [-0.3, -0.25) is 10.2 Å². The molecule has 0 aliphatic rings. The second kappa shape index (κ2) is 18.8. The molecule has 0 spiro atoms. The van der Waals surface area contributed by atoms with Gasteiger partial charge in [-0.2, -0.15) is 0 Å². The summed E-state index contributed by atoms with van der Waals surface area (Å²) in [6.07, 6.45) is 7.15. The topological polar surface area (TPSA) is 312 Å². The third-order valence-corrected chi connectivity index (χ3v) is 9.53. The van der Waals surface area contributed by atoms with E-state index in [-0.39, 0.29) is 25.5 Å². The van der Waals surface area contributed by atoms with Crippen molar-refractivity contribution >= 4 is 75.7 Å². The van der Waals surface area contributed by atoms with E-state index in [0.717, 1.165) is 34.0 Å². The fourth-order valence-corrected chi connectivity index (χ4v) is 6.43. The van der Waals surface area contributed by atoms with E-state index in [1.807, 2.05) is 0 Å². The van der Waals surface area contributed by atoms with Gasteiger partial charge in [0, 0.05) is 57.3 Å². The molecular weight excluding hydrogens is 713 g/mol. The van der Waals surface area contributed by atoms with Gasteiger partial charge < -0.3 is 48.1 Å². The maximum atomic E-state index is 11.9. The van der Waals surface area contributed by atoms with Crippen LogP contribution in [-0.2, 0) is 20.0 Å². The van der Waals surface area contributed by atoms with Gasteiger partial charge in [0.05, 0.1) is 19.8 Å². The summed E-state index contributed by atoms with van der Waals surface area (Å²) < 4.78 is 54.6. The van der Waals surface area contributed by atoms with Crippen LogP contribution >= 0.6 is 22.7 Å². The lowest BCUT2D eigenvalue weighted by Crippen LogP contribution is -1.97. The minimum absolute atomic E-state index is 0. The van der Waals surface area contributed by atoms with Crippen molar-refractivity contribution in [3.63, 3.8) is 0 Å². The molecule has 6 rings (SSSR count). The molecule has 0 radical (unpaired) electrons. The first kappa shape index (κ1) is 39.7. The number of nitrogens with one attached hydrogen (secondary N) is 2. The van der Waals surface area contributed by atoms with Crippen LogP contribution in [0.1, 0.15) is 10.0 Å². The molecule has 4 heterocycles. The first-order valence-electron chi connectivity index (χ1n) is 13.4. The lowest BCUT2D eigenvalue weighted by molar-refractivity contribution is -0.378. The molecule has 0 unspecified atom stereocenters. The average molecular weight is 747 g/mol. The first-order valence-corrected chi connectivity index (χ1v) is 18.0. The van der Waals surface area contributed by atoms with E-state index in [0.29, 0.717) is 21.4 Å². The third-order valence-electron chi connectivity index (χ3n) is 5.27. The van der Waals surface area contributed by atoms with Gasteiger partial charge in [-0.25, -0.2) is 26.8 Å². The maximum absolute atomic E-state index is 11.9. The molecule has 0 aliphatic heterocycles. The van der Waals surface area contributed by atoms with Crippen LogP contribution in [0.25, 0.3) is 9.44 Å². The number of rotatable bonds is 6. The Morgan fingerprint density at radius 2 is 0.796 bits per heavy atom. The summed E-state index contributed by atoms with van der Waals surface area (Å²) in [6, 6.07) is 18.9. The lowest BCUT2D eigenvalue weighted by Gasteiger charge is -2.10. The lowest BCUT2D eigenvalue weighted by atomic mass is 10.3. The zero-order chi connectivity index (χ0) is 35.2. The number of anilines is 4. The first-order chi connectivity index (χ1) is 22.7. The fourth-order valence-electron chi connectivity index (χ4n) is 3.04. The van der Waals surface area contributed by atoms with Crippen molar-refractivity contribution in [3.05, 3.63) is 117 Å². The number of aromatic amines is 2. The van der Waals surface area contributed by atoms with E-state index >= 15 is 0 Å². The van der Waals surface area contributed by atoms with Crippen LogP contribution in [0.15, 0.2) is 107 Å². The largest absolute Gasteiger partial charge is 0.412 e. The van der Waals surface area contributed by atoms with Crippen molar-refractivity contribution in [2.75, 3.05) is 22.9 Å². The average Bonchev–Trinajstić information content (AvgIpc) is 3.65. The molecule has 2 aromatic carbocycles. The van der Waals surface area contributed by atoms with Crippen LogP contribution in [0.2, 0.25) is 0 Å². The molecule has 6 aromatic rings. The second-order valence-electron chi connectivity index (χ2n) is 9.14. The van der Waals surface area contributed by atoms with Gasteiger partial charge in [0.25, 0.3) is 0 Å². The Balaban J connectivity index is 0.000000243. The number of benzene rings is 2. The van der Waals surface area contributed by atoms with Crippen LogP contribution in [0.4, 0.5) is 33.0 Å². The molecule has 12 N–H and O–H groups in total. The van der Waals surface area contributed by atoms with E-state index < -0.39 is 20.0 Å². The number of hydrogen-bond acceptors (Lipinski definition) is 14. The van der Waals surface area contributed by atoms with E-state index in [2.05, 4.69) is 39.8 Å². The molecule has 0 amide bonds. The van der Waals surface area contributed by atoms with Crippen molar-refractivity contribution in [1.29, 1.82) is 0 Å². The highest BCUT2D eigenvalue weighted by molar-refractivity contribution is 7.94. The Morgan fingerprint density at radius 1 is 0.510 bits per heavy atom. The van der Waals surface area contributed by atoms with Crippen molar-refractivity contribution in [2.45, 2.75) is 23.6 Å². The number of nitrogens with two attached hydrogens (primary N) is 4. The molecular formula is C28H34N12O5S4. The zero-order valence-electron chi connectivity index (χ0n) is 26.0. The molecule has 0 aliphatic carbocycles. The normalized spacial score (nSPS) is 10.3. The number of nitrogens with zero attached hydrogens (tertiary/aromatic N) is 6. The summed E-state index contributed by atoms with van der Waals surface area (Å²) in [5.74, 6) is 0. The summed E-state index contributed by atoms with van der Waals surface area (Å²) >= 11 is 2.24. The van der Waals surface area contributed by atoms with Crippen molar-refractivity contribution in [1.82, 2.24) is 20.4 Å². The summed E-state index contributed by atoms with van der Waals surface area (Å²) in [5.41, 5.74) is 24.2.